The lowest BCUT2D eigenvalue weighted by Crippen LogP contribution is -2.20. The minimum Gasteiger partial charge on any atom is -0.394 e. The summed E-state index contributed by atoms with van der Waals surface area (Å²) in [4.78, 5) is 0. The molecule has 4 nitrogen and oxygen atoms in total. The van der Waals surface area contributed by atoms with Crippen molar-refractivity contribution in [2.75, 3.05) is 11.1 Å². The van der Waals surface area contributed by atoms with Crippen molar-refractivity contribution in [3.05, 3.63) is 5.69 Å². The van der Waals surface area contributed by atoms with E-state index in [0.717, 1.165) is 17.2 Å². The molecule has 0 spiro atoms. The summed E-state index contributed by atoms with van der Waals surface area (Å²) in [5.74, 6) is 1.35. The van der Waals surface area contributed by atoms with Crippen molar-refractivity contribution in [1.29, 1.82) is 0 Å². The quantitative estimate of drug-likeness (QED) is 0.866. The van der Waals surface area contributed by atoms with Gasteiger partial charge in [-0.25, -0.2) is 0 Å². The zero-order valence-corrected chi connectivity index (χ0v) is 12.2. The van der Waals surface area contributed by atoms with Crippen LogP contribution >= 0.6 is 0 Å². The van der Waals surface area contributed by atoms with Gasteiger partial charge in [-0.3, -0.25) is 4.68 Å². The number of nitrogens with two attached hydrogens (primary N) is 1. The van der Waals surface area contributed by atoms with Crippen molar-refractivity contribution >= 4 is 11.5 Å². The average Bonchev–Trinajstić information content (AvgIpc) is 2.72. The Labute approximate surface area is 110 Å². The summed E-state index contributed by atoms with van der Waals surface area (Å²) < 4.78 is 1.88. The maximum atomic E-state index is 6.20. The van der Waals surface area contributed by atoms with Crippen LogP contribution in [0.25, 0.3) is 0 Å². The van der Waals surface area contributed by atoms with E-state index in [1.165, 1.54) is 19.3 Å². The van der Waals surface area contributed by atoms with Crippen LogP contribution in [0.15, 0.2) is 0 Å². The number of anilines is 2. The molecule has 3 N–H and O–H groups in total. The van der Waals surface area contributed by atoms with E-state index in [-0.39, 0.29) is 0 Å². The molecule has 102 valence electrons. The zero-order valence-electron chi connectivity index (χ0n) is 12.2. The Morgan fingerprint density at radius 3 is 2.56 bits per heavy atom. The summed E-state index contributed by atoms with van der Waals surface area (Å²) in [7, 11) is 1.96. The van der Waals surface area contributed by atoms with Gasteiger partial charge >= 0.3 is 0 Å². The molecule has 1 aliphatic rings. The first-order chi connectivity index (χ1) is 8.30. The van der Waals surface area contributed by atoms with Gasteiger partial charge in [0.15, 0.2) is 0 Å². The fourth-order valence-corrected chi connectivity index (χ4v) is 2.91. The highest BCUT2D eigenvalue weighted by Crippen LogP contribution is 2.39. The highest BCUT2D eigenvalue weighted by atomic mass is 15.3. The largest absolute Gasteiger partial charge is 0.394 e. The highest BCUT2D eigenvalue weighted by Gasteiger charge is 2.31. The van der Waals surface area contributed by atoms with Gasteiger partial charge in [-0.15, -0.1) is 0 Å². The lowest BCUT2D eigenvalue weighted by atomic mass is 9.92. The van der Waals surface area contributed by atoms with Crippen LogP contribution < -0.4 is 11.1 Å². The smallest absolute Gasteiger partial charge is 0.148 e. The van der Waals surface area contributed by atoms with Crippen LogP contribution in [-0.4, -0.2) is 15.8 Å². The Bertz CT molecular complexity index is 431. The summed E-state index contributed by atoms with van der Waals surface area (Å²) in [6, 6.07) is 0.526. The third-order valence-electron chi connectivity index (χ3n) is 3.97. The van der Waals surface area contributed by atoms with Gasteiger partial charge in [0.25, 0.3) is 0 Å². The summed E-state index contributed by atoms with van der Waals surface area (Å²) in [6.07, 6.45) is 3.70. The molecule has 1 fully saturated rings. The van der Waals surface area contributed by atoms with E-state index in [2.05, 4.69) is 38.1 Å². The highest BCUT2D eigenvalue weighted by molar-refractivity contribution is 5.66. The topological polar surface area (TPSA) is 55.9 Å². The van der Waals surface area contributed by atoms with Crippen molar-refractivity contribution < 1.29 is 0 Å². The van der Waals surface area contributed by atoms with Crippen LogP contribution in [-0.2, 0) is 7.05 Å². The molecule has 4 heteroatoms. The third-order valence-corrected chi connectivity index (χ3v) is 3.97. The maximum absolute atomic E-state index is 6.20. The van der Waals surface area contributed by atoms with Crippen molar-refractivity contribution in [1.82, 2.24) is 9.78 Å². The summed E-state index contributed by atoms with van der Waals surface area (Å²) in [5.41, 5.74) is 8.47. The second kappa shape index (κ2) is 4.48. The number of hydrogen-bond acceptors (Lipinski definition) is 3. The van der Waals surface area contributed by atoms with Crippen LogP contribution in [0.5, 0.6) is 0 Å². The molecule has 0 aliphatic heterocycles. The molecular formula is C14H26N4. The Hall–Kier alpha value is -1.19. The summed E-state index contributed by atoms with van der Waals surface area (Å²) in [6.45, 7) is 8.92. The Morgan fingerprint density at radius 2 is 2.11 bits per heavy atom. The molecule has 1 aromatic heterocycles. The molecule has 18 heavy (non-hydrogen) atoms. The molecule has 0 amide bonds. The van der Waals surface area contributed by atoms with Crippen LogP contribution in [0.2, 0.25) is 0 Å². The van der Waals surface area contributed by atoms with Crippen molar-refractivity contribution in [2.24, 2.45) is 12.5 Å². The molecule has 2 rings (SSSR count). The van der Waals surface area contributed by atoms with E-state index in [4.69, 9.17) is 5.73 Å². The molecule has 1 atom stereocenters. The predicted octanol–water partition coefficient (Wildman–Crippen LogP) is 3.12. The van der Waals surface area contributed by atoms with Crippen LogP contribution in [0.4, 0.5) is 11.5 Å². The first-order valence-corrected chi connectivity index (χ1v) is 6.89. The molecule has 0 bridgehead atoms. The summed E-state index contributed by atoms with van der Waals surface area (Å²) in [5, 5.41) is 8.10. The second-order valence-electron chi connectivity index (χ2n) is 6.67. The zero-order chi connectivity index (χ0) is 13.5. The van der Waals surface area contributed by atoms with E-state index >= 15 is 0 Å². The standard InChI is InChI=1S/C14H26N4/c1-9(2)12-11(15)13(18(5)17-12)16-10-6-7-14(3,4)8-10/h9-10,16H,6-8,15H2,1-5H3. The maximum Gasteiger partial charge on any atom is 0.148 e. The van der Waals surface area contributed by atoms with Gasteiger partial charge in [-0.1, -0.05) is 27.7 Å². The van der Waals surface area contributed by atoms with Crippen LogP contribution in [0, 0.1) is 5.41 Å². The van der Waals surface area contributed by atoms with Crippen molar-refractivity contribution in [3.8, 4) is 0 Å². The van der Waals surface area contributed by atoms with Gasteiger partial charge in [-0.05, 0) is 30.6 Å². The van der Waals surface area contributed by atoms with Gasteiger partial charge in [0.2, 0.25) is 0 Å². The Morgan fingerprint density at radius 1 is 1.44 bits per heavy atom. The average molecular weight is 250 g/mol. The van der Waals surface area contributed by atoms with E-state index < -0.39 is 0 Å². The lowest BCUT2D eigenvalue weighted by molar-refractivity contribution is 0.378. The predicted molar refractivity (Wildman–Crippen MR) is 76.8 cm³/mol. The molecule has 0 aromatic carbocycles. The minimum atomic E-state index is 0.367. The van der Waals surface area contributed by atoms with E-state index in [0.29, 0.717) is 17.4 Å². The van der Waals surface area contributed by atoms with E-state index in [9.17, 15) is 0 Å². The van der Waals surface area contributed by atoms with Gasteiger partial charge in [-0.2, -0.15) is 5.10 Å². The number of hydrogen-bond donors (Lipinski definition) is 2. The SMILES string of the molecule is CC(C)c1nn(C)c(NC2CCC(C)(C)C2)c1N. The first-order valence-electron chi connectivity index (χ1n) is 6.89. The summed E-state index contributed by atoms with van der Waals surface area (Å²) >= 11 is 0. The van der Waals surface area contributed by atoms with E-state index in [1.807, 2.05) is 11.7 Å². The van der Waals surface area contributed by atoms with Crippen LogP contribution in [0.1, 0.15) is 58.6 Å². The molecule has 1 unspecified atom stereocenters. The van der Waals surface area contributed by atoms with Crippen molar-refractivity contribution in [2.45, 2.75) is 58.9 Å². The number of nitrogens with one attached hydrogen (secondary N) is 1. The fourth-order valence-electron chi connectivity index (χ4n) is 2.91. The number of nitrogens with zero attached hydrogens (tertiary/aromatic N) is 2. The van der Waals surface area contributed by atoms with Gasteiger partial charge < -0.3 is 11.1 Å². The first kappa shape index (κ1) is 13.2. The minimum absolute atomic E-state index is 0.367. The molecule has 1 aliphatic carbocycles. The molecule has 1 heterocycles. The van der Waals surface area contributed by atoms with E-state index in [1.54, 1.807) is 0 Å². The second-order valence-corrected chi connectivity index (χ2v) is 6.67. The lowest BCUT2D eigenvalue weighted by Gasteiger charge is -2.19. The number of rotatable bonds is 3. The molecule has 1 saturated carbocycles. The van der Waals surface area contributed by atoms with Crippen LogP contribution in [0.3, 0.4) is 0 Å². The normalized spacial score (nSPS) is 22.7. The molecule has 0 saturated heterocycles. The molecule has 1 aromatic rings. The van der Waals surface area contributed by atoms with Gasteiger partial charge in [0.1, 0.15) is 5.82 Å². The Kier molecular flexibility index (Phi) is 3.30. The Balaban J connectivity index is 2.15. The number of nitrogen functional groups attached to an aromatic ring is 1. The van der Waals surface area contributed by atoms with Gasteiger partial charge in [0.05, 0.1) is 11.4 Å². The number of aromatic nitrogens is 2. The van der Waals surface area contributed by atoms with Crippen molar-refractivity contribution in [3.63, 3.8) is 0 Å². The monoisotopic (exact) mass is 250 g/mol. The molecule has 0 radical (unpaired) electrons. The number of aryl methyl sites for hydroxylation is 1. The molecular weight excluding hydrogens is 224 g/mol. The fraction of sp³-hybridized carbons (Fsp3) is 0.786. The van der Waals surface area contributed by atoms with Gasteiger partial charge in [0, 0.05) is 13.1 Å². The third kappa shape index (κ3) is 2.47.